The lowest BCUT2D eigenvalue weighted by molar-refractivity contribution is 0.662. The van der Waals surface area contributed by atoms with Gasteiger partial charge in [-0.25, -0.2) is 15.0 Å². The predicted octanol–water partition coefficient (Wildman–Crippen LogP) is 11.9. The Bertz CT molecular complexity index is 2740. The highest BCUT2D eigenvalue weighted by atomic mass is 15.0. The maximum absolute atomic E-state index is 5.20. The molecule has 7 aromatic carbocycles. The standard InChI is InChI=1S/C48H34N4/c1-48(2)39-26-14-12-23-36(39)43-38(47-50-45(31-17-6-3-7-18-31)49-46(51-47)32-19-8-4-9-20-32)30-29-35(44(43)48)34-25-16-28-41-42(34)37-24-13-15-27-40(37)52(41)33-21-10-5-11-22-33/h3-30H,1-2H3. The van der Waals surface area contributed by atoms with Crippen LogP contribution in [-0.2, 0) is 5.41 Å². The van der Waals surface area contributed by atoms with Gasteiger partial charge in [0.25, 0.3) is 0 Å². The van der Waals surface area contributed by atoms with E-state index in [4.69, 9.17) is 15.0 Å². The van der Waals surface area contributed by atoms with Crippen LogP contribution in [0.1, 0.15) is 25.0 Å². The van der Waals surface area contributed by atoms with Gasteiger partial charge in [-0.1, -0.05) is 153 Å². The molecule has 0 radical (unpaired) electrons. The van der Waals surface area contributed by atoms with Crippen molar-refractivity contribution in [2.24, 2.45) is 0 Å². The van der Waals surface area contributed by atoms with E-state index in [-0.39, 0.29) is 5.41 Å². The summed E-state index contributed by atoms with van der Waals surface area (Å²) in [6.07, 6.45) is 0. The third-order valence-corrected chi connectivity index (χ3v) is 10.6. The van der Waals surface area contributed by atoms with Crippen molar-refractivity contribution in [1.82, 2.24) is 19.5 Å². The van der Waals surface area contributed by atoms with Crippen LogP contribution < -0.4 is 0 Å². The molecule has 1 aliphatic rings. The van der Waals surface area contributed by atoms with Crippen molar-refractivity contribution >= 4 is 21.8 Å². The van der Waals surface area contributed by atoms with Crippen molar-refractivity contribution in [2.45, 2.75) is 19.3 Å². The predicted molar refractivity (Wildman–Crippen MR) is 213 cm³/mol. The lowest BCUT2D eigenvalue weighted by Crippen LogP contribution is -2.16. The van der Waals surface area contributed by atoms with E-state index in [1.807, 2.05) is 36.4 Å². The molecule has 0 atom stereocenters. The Hall–Kier alpha value is -6.65. The fraction of sp³-hybridized carbons (Fsp3) is 0.0625. The Morgan fingerprint density at radius 2 is 0.962 bits per heavy atom. The first-order valence-electron chi connectivity index (χ1n) is 17.8. The van der Waals surface area contributed by atoms with Crippen molar-refractivity contribution in [3.63, 3.8) is 0 Å². The molecule has 0 amide bonds. The molecule has 1 aliphatic carbocycles. The van der Waals surface area contributed by atoms with E-state index in [0.29, 0.717) is 17.5 Å². The van der Waals surface area contributed by atoms with Gasteiger partial charge < -0.3 is 4.57 Å². The smallest absolute Gasteiger partial charge is 0.164 e. The third kappa shape index (κ3) is 4.58. The number of hydrogen-bond acceptors (Lipinski definition) is 3. The number of nitrogens with zero attached hydrogens (tertiary/aromatic N) is 4. The second-order valence-corrected chi connectivity index (χ2v) is 14.0. The van der Waals surface area contributed by atoms with Crippen molar-refractivity contribution in [1.29, 1.82) is 0 Å². The molecule has 0 bridgehead atoms. The molecular weight excluding hydrogens is 633 g/mol. The van der Waals surface area contributed by atoms with Crippen molar-refractivity contribution < 1.29 is 0 Å². The molecule has 0 spiro atoms. The average molecular weight is 667 g/mol. The Kier molecular flexibility index (Phi) is 6.80. The van der Waals surface area contributed by atoms with Crippen LogP contribution >= 0.6 is 0 Å². The van der Waals surface area contributed by atoms with Crippen LogP contribution in [0.5, 0.6) is 0 Å². The van der Waals surface area contributed by atoms with Crippen LogP contribution in [-0.4, -0.2) is 19.5 Å². The van der Waals surface area contributed by atoms with Crippen molar-refractivity contribution in [3.05, 3.63) is 181 Å². The van der Waals surface area contributed by atoms with Gasteiger partial charge in [-0.15, -0.1) is 0 Å². The fourth-order valence-corrected chi connectivity index (χ4v) is 8.35. The molecule has 2 heterocycles. The van der Waals surface area contributed by atoms with Gasteiger partial charge in [-0.2, -0.15) is 0 Å². The summed E-state index contributed by atoms with van der Waals surface area (Å²) in [5, 5.41) is 2.49. The monoisotopic (exact) mass is 666 g/mol. The summed E-state index contributed by atoms with van der Waals surface area (Å²) in [6, 6.07) is 60.0. The molecule has 0 saturated heterocycles. The Balaban J connectivity index is 1.28. The summed E-state index contributed by atoms with van der Waals surface area (Å²) in [5.74, 6) is 1.99. The van der Waals surface area contributed by atoms with Crippen LogP contribution in [0.4, 0.5) is 0 Å². The summed E-state index contributed by atoms with van der Waals surface area (Å²) in [7, 11) is 0. The van der Waals surface area contributed by atoms with Gasteiger partial charge in [0.2, 0.25) is 0 Å². The average Bonchev–Trinajstić information content (AvgIpc) is 3.68. The topological polar surface area (TPSA) is 43.6 Å². The van der Waals surface area contributed by atoms with Crippen LogP contribution in [0.15, 0.2) is 170 Å². The normalized spacial score (nSPS) is 13.0. The first-order chi connectivity index (χ1) is 25.6. The molecule has 52 heavy (non-hydrogen) atoms. The molecule has 4 heteroatoms. The minimum Gasteiger partial charge on any atom is -0.309 e. The number of aromatic nitrogens is 4. The maximum Gasteiger partial charge on any atom is 0.164 e. The fourth-order valence-electron chi connectivity index (χ4n) is 8.35. The lowest BCUT2D eigenvalue weighted by Gasteiger charge is -2.25. The van der Waals surface area contributed by atoms with Crippen LogP contribution in [0.25, 0.3) is 83.9 Å². The van der Waals surface area contributed by atoms with Gasteiger partial charge in [-0.3, -0.25) is 0 Å². The van der Waals surface area contributed by atoms with E-state index < -0.39 is 0 Å². The molecule has 4 nitrogen and oxygen atoms in total. The van der Waals surface area contributed by atoms with Crippen LogP contribution in [0, 0.1) is 0 Å². The van der Waals surface area contributed by atoms with E-state index in [9.17, 15) is 0 Å². The highest BCUT2D eigenvalue weighted by Crippen LogP contribution is 2.56. The number of rotatable bonds is 5. The minimum atomic E-state index is -0.283. The van der Waals surface area contributed by atoms with Gasteiger partial charge in [0.05, 0.1) is 11.0 Å². The van der Waals surface area contributed by atoms with E-state index in [0.717, 1.165) is 22.4 Å². The zero-order valence-corrected chi connectivity index (χ0v) is 29.0. The van der Waals surface area contributed by atoms with Gasteiger partial charge >= 0.3 is 0 Å². The summed E-state index contributed by atoms with van der Waals surface area (Å²) < 4.78 is 2.39. The zero-order chi connectivity index (χ0) is 34.8. The Morgan fingerprint density at radius 3 is 1.67 bits per heavy atom. The molecule has 0 N–H and O–H groups in total. The Labute approximate surface area is 302 Å². The van der Waals surface area contributed by atoms with Crippen molar-refractivity contribution in [3.8, 4) is 62.1 Å². The third-order valence-electron chi connectivity index (χ3n) is 10.6. The molecular formula is C48H34N4. The summed E-state index contributed by atoms with van der Waals surface area (Å²) in [5.41, 5.74) is 13.6. The number of fused-ring (bicyclic) bond motifs is 6. The molecule has 246 valence electrons. The largest absolute Gasteiger partial charge is 0.309 e. The molecule has 0 fully saturated rings. The van der Waals surface area contributed by atoms with Crippen molar-refractivity contribution in [2.75, 3.05) is 0 Å². The molecule has 0 aliphatic heterocycles. The second-order valence-electron chi connectivity index (χ2n) is 14.0. The number of benzene rings is 7. The number of hydrogen-bond donors (Lipinski definition) is 0. The van der Waals surface area contributed by atoms with E-state index >= 15 is 0 Å². The molecule has 9 aromatic rings. The van der Waals surface area contributed by atoms with E-state index in [1.54, 1.807) is 0 Å². The van der Waals surface area contributed by atoms with Crippen LogP contribution in [0.3, 0.4) is 0 Å². The first-order valence-corrected chi connectivity index (χ1v) is 17.8. The van der Waals surface area contributed by atoms with Gasteiger partial charge in [0.15, 0.2) is 17.5 Å². The maximum atomic E-state index is 5.20. The summed E-state index contributed by atoms with van der Waals surface area (Å²) in [4.78, 5) is 15.4. The Morgan fingerprint density at radius 1 is 0.423 bits per heavy atom. The molecule has 2 aromatic heterocycles. The zero-order valence-electron chi connectivity index (χ0n) is 29.0. The molecule has 0 saturated carbocycles. The van der Waals surface area contributed by atoms with E-state index in [1.165, 1.54) is 55.2 Å². The summed E-state index contributed by atoms with van der Waals surface area (Å²) >= 11 is 0. The SMILES string of the molecule is CC1(C)c2ccccc2-c2c(-c3nc(-c4ccccc4)nc(-c4ccccc4)n3)ccc(-c3cccc4c3c3ccccc3n4-c3ccccc3)c21. The lowest BCUT2D eigenvalue weighted by atomic mass is 9.77. The van der Waals surface area contributed by atoms with E-state index in [2.05, 4.69) is 152 Å². The molecule has 0 unspecified atom stereocenters. The highest BCUT2D eigenvalue weighted by molar-refractivity contribution is 6.16. The van der Waals surface area contributed by atoms with Crippen LogP contribution in [0.2, 0.25) is 0 Å². The minimum absolute atomic E-state index is 0.283. The number of para-hydroxylation sites is 2. The quantitative estimate of drug-likeness (QED) is 0.184. The van der Waals surface area contributed by atoms with Gasteiger partial charge in [0.1, 0.15) is 0 Å². The first kappa shape index (κ1) is 30.2. The summed E-state index contributed by atoms with van der Waals surface area (Å²) in [6.45, 7) is 4.72. The van der Waals surface area contributed by atoms with Gasteiger partial charge in [-0.05, 0) is 63.7 Å². The highest BCUT2D eigenvalue weighted by Gasteiger charge is 2.40. The van der Waals surface area contributed by atoms with Gasteiger partial charge in [0, 0.05) is 38.6 Å². The molecule has 10 rings (SSSR count). The second kappa shape index (κ2) is 11.7.